The molecular weight excluding hydrogens is 450 g/mol. The van der Waals surface area contributed by atoms with Gasteiger partial charge in [0.2, 0.25) is 15.9 Å². The minimum Gasteiger partial charge on any atom is -0.455 e. The van der Waals surface area contributed by atoms with Crippen molar-refractivity contribution in [3.8, 4) is 17.6 Å². The predicted octanol–water partition coefficient (Wildman–Crippen LogP) is 4.45. The fourth-order valence-corrected chi connectivity index (χ4v) is 3.81. The predicted molar refractivity (Wildman–Crippen MR) is 122 cm³/mol. The number of carbonyl (C=O) groups is 1. The molecule has 0 fully saturated rings. The number of nitrogens with zero attached hydrogens (tertiary/aromatic N) is 1. The lowest BCUT2D eigenvalue weighted by Crippen LogP contribution is -2.15. The Balaban J connectivity index is 1.75. The summed E-state index contributed by atoms with van der Waals surface area (Å²) in [7, 11) is -3.80. The highest BCUT2D eigenvalue weighted by molar-refractivity contribution is 7.89. The van der Waals surface area contributed by atoms with Crippen LogP contribution in [0, 0.1) is 25.2 Å². The first kappa shape index (κ1) is 23.3. The van der Waals surface area contributed by atoms with Gasteiger partial charge < -0.3 is 10.1 Å². The Bertz CT molecular complexity index is 1310. The second kappa shape index (κ2) is 9.40. The van der Waals surface area contributed by atoms with E-state index < -0.39 is 10.0 Å². The van der Waals surface area contributed by atoms with E-state index in [0.717, 1.165) is 11.1 Å². The molecule has 0 radical (unpaired) electrons. The molecule has 0 saturated heterocycles. The minimum atomic E-state index is -3.80. The number of nitriles is 1. The summed E-state index contributed by atoms with van der Waals surface area (Å²) in [6, 6.07) is 16.2. The molecule has 3 aromatic carbocycles. The average Bonchev–Trinajstić information content (AvgIpc) is 2.72. The van der Waals surface area contributed by atoms with Gasteiger partial charge in [0.1, 0.15) is 11.5 Å². The van der Waals surface area contributed by atoms with Crippen LogP contribution in [0.4, 0.5) is 5.69 Å². The van der Waals surface area contributed by atoms with E-state index in [1.807, 2.05) is 13.8 Å². The quantitative estimate of drug-likeness (QED) is 0.552. The maximum atomic E-state index is 12.4. The van der Waals surface area contributed by atoms with E-state index >= 15 is 0 Å². The van der Waals surface area contributed by atoms with Crippen molar-refractivity contribution in [2.24, 2.45) is 5.14 Å². The second-order valence-electron chi connectivity index (χ2n) is 7.21. The zero-order valence-electron chi connectivity index (χ0n) is 17.3. The summed E-state index contributed by atoms with van der Waals surface area (Å²) >= 11 is 6.29. The number of anilines is 1. The number of amides is 1. The molecule has 32 heavy (non-hydrogen) atoms. The highest BCUT2D eigenvalue weighted by atomic mass is 35.5. The first-order valence-corrected chi connectivity index (χ1v) is 11.4. The molecule has 3 rings (SSSR count). The number of sulfonamides is 1. The lowest BCUT2D eigenvalue weighted by molar-refractivity contribution is -0.115. The smallest absolute Gasteiger partial charge is 0.238 e. The molecule has 0 aliphatic carbocycles. The first-order valence-electron chi connectivity index (χ1n) is 9.47. The number of ether oxygens (including phenoxy) is 1. The topological polar surface area (TPSA) is 122 Å². The number of nitrogens with one attached hydrogen (secondary N) is 1. The maximum absolute atomic E-state index is 12.4. The number of benzene rings is 3. The van der Waals surface area contributed by atoms with Gasteiger partial charge in [-0.15, -0.1) is 0 Å². The zero-order chi connectivity index (χ0) is 23.5. The van der Waals surface area contributed by atoms with Crippen molar-refractivity contribution >= 4 is 33.2 Å². The van der Waals surface area contributed by atoms with Crippen molar-refractivity contribution < 1.29 is 17.9 Å². The van der Waals surface area contributed by atoms with Crippen LogP contribution >= 0.6 is 11.6 Å². The number of rotatable bonds is 6. The third kappa shape index (κ3) is 5.65. The lowest BCUT2D eigenvalue weighted by atomic mass is 10.1. The number of hydrogen-bond acceptors (Lipinski definition) is 5. The van der Waals surface area contributed by atoms with Crippen LogP contribution in [0.3, 0.4) is 0 Å². The molecule has 0 spiro atoms. The van der Waals surface area contributed by atoms with Crippen LogP contribution in [-0.2, 0) is 21.2 Å². The van der Waals surface area contributed by atoms with Crippen LogP contribution in [0.1, 0.15) is 22.3 Å². The molecule has 9 heteroatoms. The number of primary sulfonamides is 1. The monoisotopic (exact) mass is 469 g/mol. The van der Waals surface area contributed by atoms with Gasteiger partial charge in [-0.05, 0) is 79.1 Å². The van der Waals surface area contributed by atoms with Crippen LogP contribution in [0.25, 0.3) is 0 Å². The van der Waals surface area contributed by atoms with Gasteiger partial charge in [-0.3, -0.25) is 4.79 Å². The molecular formula is C23H20ClN3O4S. The number of nitrogens with two attached hydrogens (primary N) is 1. The van der Waals surface area contributed by atoms with Gasteiger partial charge in [0, 0.05) is 5.69 Å². The molecule has 0 heterocycles. The van der Waals surface area contributed by atoms with Gasteiger partial charge in [0.25, 0.3) is 0 Å². The van der Waals surface area contributed by atoms with Crippen LogP contribution in [0.2, 0.25) is 5.02 Å². The molecule has 0 aliphatic rings. The average molecular weight is 470 g/mol. The summed E-state index contributed by atoms with van der Waals surface area (Å²) < 4.78 is 28.7. The summed E-state index contributed by atoms with van der Waals surface area (Å²) in [4.78, 5) is 12.4. The van der Waals surface area contributed by atoms with E-state index in [1.54, 1.807) is 30.3 Å². The maximum Gasteiger partial charge on any atom is 0.238 e. The minimum absolute atomic E-state index is 0.0385. The Hall–Kier alpha value is -3.38. The molecule has 164 valence electrons. The van der Waals surface area contributed by atoms with Crippen molar-refractivity contribution in [3.05, 3.63) is 81.9 Å². The lowest BCUT2D eigenvalue weighted by Gasteiger charge is -2.14. The highest BCUT2D eigenvalue weighted by Gasteiger charge is 2.13. The molecule has 0 saturated carbocycles. The molecule has 7 nitrogen and oxygen atoms in total. The molecule has 0 unspecified atom stereocenters. The van der Waals surface area contributed by atoms with Crippen molar-refractivity contribution in [2.45, 2.75) is 25.2 Å². The molecule has 3 aromatic rings. The van der Waals surface area contributed by atoms with E-state index in [0.29, 0.717) is 33.3 Å². The van der Waals surface area contributed by atoms with Crippen LogP contribution < -0.4 is 15.2 Å². The molecule has 0 aliphatic heterocycles. The Morgan fingerprint density at radius 3 is 2.28 bits per heavy atom. The van der Waals surface area contributed by atoms with Crippen molar-refractivity contribution in [1.82, 2.24) is 0 Å². The van der Waals surface area contributed by atoms with Crippen LogP contribution in [0.15, 0.2) is 59.5 Å². The van der Waals surface area contributed by atoms with Crippen LogP contribution in [-0.4, -0.2) is 14.3 Å². The molecule has 1 amide bonds. The SMILES string of the molecule is Cc1cc(C#N)cc(C)c1Oc1cc(CC(=O)Nc2ccc(S(N)(=O)=O)cc2)ccc1Cl. The molecule has 0 atom stereocenters. The normalized spacial score (nSPS) is 11.0. The fourth-order valence-electron chi connectivity index (χ4n) is 3.14. The number of hydrogen-bond donors (Lipinski definition) is 2. The Morgan fingerprint density at radius 2 is 1.72 bits per heavy atom. The molecule has 0 bridgehead atoms. The van der Waals surface area contributed by atoms with Gasteiger partial charge in [-0.2, -0.15) is 5.26 Å². The van der Waals surface area contributed by atoms with Crippen molar-refractivity contribution in [2.75, 3.05) is 5.32 Å². The van der Waals surface area contributed by atoms with E-state index in [-0.39, 0.29) is 17.2 Å². The molecule has 0 aromatic heterocycles. The summed E-state index contributed by atoms with van der Waals surface area (Å²) in [5.74, 6) is 0.695. The van der Waals surface area contributed by atoms with Gasteiger partial charge in [0.15, 0.2) is 0 Å². The van der Waals surface area contributed by atoms with Crippen LogP contribution in [0.5, 0.6) is 11.5 Å². The van der Waals surface area contributed by atoms with Crippen molar-refractivity contribution in [3.63, 3.8) is 0 Å². The van der Waals surface area contributed by atoms with Crippen molar-refractivity contribution in [1.29, 1.82) is 5.26 Å². The standard InChI is InChI=1S/C23H20ClN3O4S/c1-14-9-17(13-25)10-15(2)23(14)31-21-11-16(3-8-20(21)24)12-22(28)27-18-4-6-19(7-5-18)32(26,29)30/h3-11H,12H2,1-2H3,(H,27,28)(H2,26,29,30). The zero-order valence-corrected chi connectivity index (χ0v) is 18.9. The summed E-state index contributed by atoms with van der Waals surface area (Å²) in [6.07, 6.45) is 0.0514. The first-order chi connectivity index (χ1) is 15.1. The number of aryl methyl sites for hydroxylation is 2. The number of halogens is 1. The van der Waals surface area contributed by atoms with Gasteiger partial charge >= 0.3 is 0 Å². The summed E-state index contributed by atoms with van der Waals surface area (Å²) in [5.41, 5.74) is 3.25. The fraction of sp³-hybridized carbons (Fsp3) is 0.130. The number of carbonyl (C=O) groups excluding carboxylic acids is 1. The Morgan fingerprint density at radius 1 is 1.09 bits per heavy atom. The van der Waals surface area contributed by atoms with Gasteiger partial charge in [-0.25, -0.2) is 13.6 Å². The Kier molecular flexibility index (Phi) is 6.84. The van der Waals surface area contributed by atoms with E-state index in [9.17, 15) is 13.2 Å². The second-order valence-corrected chi connectivity index (χ2v) is 9.18. The third-order valence-electron chi connectivity index (χ3n) is 4.63. The molecule has 3 N–H and O–H groups in total. The van der Waals surface area contributed by atoms with E-state index in [2.05, 4.69) is 11.4 Å². The summed E-state index contributed by atoms with van der Waals surface area (Å²) in [6.45, 7) is 3.69. The Labute approximate surface area is 191 Å². The van der Waals surface area contributed by atoms with Gasteiger partial charge in [0.05, 0.1) is 28.0 Å². The summed E-state index contributed by atoms with van der Waals surface area (Å²) in [5, 5.41) is 17.3. The van der Waals surface area contributed by atoms with E-state index in [4.69, 9.17) is 26.7 Å². The van der Waals surface area contributed by atoms with E-state index in [1.165, 1.54) is 24.3 Å². The largest absolute Gasteiger partial charge is 0.455 e. The third-order valence-corrected chi connectivity index (χ3v) is 5.87. The highest BCUT2D eigenvalue weighted by Crippen LogP contribution is 2.34. The van der Waals surface area contributed by atoms with Gasteiger partial charge in [-0.1, -0.05) is 17.7 Å².